The summed E-state index contributed by atoms with van der Waals surface area (Å²) < 4.78 is 13.5. The van der Waals surface area contributed by atoms with Gasteiger partial charge in [-0.15, -0.1) is 11.8 Å². The minimum Gasteiger partial charge on any atom is -0.370 e. The molecule has 0 saturated carbocycles. The Bertz CT molecular complexity index is 539. The Labute approximate surface area is 134 Å². The predicted octanol–water partition coefficient (Wildman–Crippen LogP) is 2.56. The Hall–Kier alpha value is -1.56. The molecule has 1 fully saturated rings. The number of carbonyl (C=O) groups is 2. The highest BCUT2D eigenvalue weighted by atomic mass is 32.2. The lowest BCUT2D eigenvalue weighted by molar-refractivity contribution is -0.135. The Kier molecular flexibility index (Phi) is 6.24. The Morgan fingerprint density at radius 3 is 2.82 bits per heavy atom. The summed E-state index contributed by atoms with van der Waals surface area (Å²) >= 11 is 1.34. The first-order valence-electron chi connectivity index (χ1n) is 7.53. The van der Waals surface area contributed by atoms with Gasteiger partial charge in [0.05, 0.1) is 0 Å². The summed E-state index contributed by atoms with van der Waals surface area (Å²) in [4.78, 5) is 25.8. The van der Waals surface area contributed by atoms with Crippen molar-refractivity contribution >= 4 is 23.6 Å². The average molecular weight is 324 g/mol. The van der Waals surface area contributed by atoms with Crippen LogP contribution in [0.25, 0.3) is 0 Å². The van der Waals surface area contributed by atoms with Gasteiger partial charge < -0.3 is 10.6 Å². The molecule has 1 aromatic carbocycles. The number of piperidine rings is 1. The van der Waals surface area contributed by atoms with Crippen LogP contribution in [0.15, 0.2) is 29.2 Å². The van der Waals surface area contributed by atoms with Gasteiger partial charge in [-0.2, -0.15) is 0 Å². The summed E-state index contributed by atoms with van der Waals surface area (Å²) in [6.07, 6.45) is 3.38. The average Bonchev–Trinajstić information content (AvgIpc) is 2.49. The highest BCUT2D eigenvalue weighted by Gasteiger charge is 2.27. The first-order valence-corrected chi connectivity index (χ1v) is 8.51. The largest absolute Gasteiger partial charge is 0.370 e. The fourth-order valence-electron chi connectivity index (χ4n) is 2.73. The SMILES string of the molecule is NC(=O)CC1CCCCN1C(=O)CCSc1ccccc1F. The van der Waals surface area contributed by atoms with E-state index in [1.54, 1.807) is 23.1 Å². The van der Waals surface area contributed by atoms with Gasteiger partial charge in [-0.05, 0) is 31.4 Å². The molecule has 1 aromatic rings. The third-order valence-electron chi connectivity index (χ3n) is 3.79. The van der Waals surface area contributed by atoms with Crippen molar-refractivity contribution in [1.82, 2.24) is 4.90 Å². The first kappa shape index (κ1) is 16.8. The molecule has 120 valence electrons. The molecule has 2 amide bonds. The third kappa shape index (κ3) is 4.73. The molecule has 0 aromatic heterocycles. The van der Waals surface area contributed by atoms with E-state index in [1.807, 2.05) is 0 Å². The number of rotatable bonds is 6. The molecule has 1 atom stereocenters. The molecule has 1 unspecified atom stereocenters. The number of carbonyl (C=O) groups excluding carboxylic acids is 2. The van der Waals surface area contributed by atoms with E-state index in [0.717, 1.165) is 19.3 Å². The topological polar surface area (TPSA) is 63.4 Å². The zero-order valence-corrected chi connectivity index (χ0v) is 13.3. The maximum absolute atomic E-state index is 13.5. The zero-order chi connectivity index (χ0) is 15.9. The summed E-state index contributed by atoms with van der Waals surface area (Å²) in [6, 6.07) is 6.48. The number of primary amides is 1. The maximum atomic E-state index is 13.5. The van der Waals surface area contributed by atoms with Crippen molar-refractivity contribution in [3.63, 3.8) is 0 Å². The van der Waals surface area contributed by atoms with Crippen LogP contribution < -0.4 is 5.73 Å². The van der Waals surface area contributed by atoms with Crippen LogP contribution in [0.2, 0.25) is 0 Å². The van der Waals surface area contributed by atoms with Gasteiger partial charge in [-0.3, -0.25) is 9.59 Å². The normalized spacial score (nSPS) is 18.2. The quantitative estimate of drug-likeness (QED) is 0.818. The molecule has 0 spiro atoms. The molecule has 1 saturated heterocycles. The summed E-state index contributed by atoms with van der Waals surface area (Å²) in [6.45, 7) is 0.682. The number of likely N-dealkylation sites (tertiary alicyclic amines) is 1. The van der Waals surface area contributed by atoms with Gasteiger partial charge in [0.15, 0.2) is 0 Å². The number of thioether (sulfide) groups is 1. The number of amides is 2. The Morgan fingerprint density at radius 2 is 2.09 bits per heavy atom. The van der Waals surface area contributed by atoms with E-state index in [9.17, 15) is 14.0 Å². The van der Waals surface area contributed by atoms with Crippen LogP contribution in [0.4, 0.5) is 4.39 Å². The second-order valence-electron chi connectivity index (χ2n) is 5.44. The highest BCUT2D eigenvalue weighted by Crippen LogP contribution is 2.24. The van der Waals surface area contributed by atoms with Crippen LogP contribution in [0.1, 0.15) is 32.1 Å². The van der Waals surface area contributed by atoms with Crippen LogP contribution in [0.3, 0.4) is 0 Å². The number of nitrogens with zero attached hydrogens (tertiary/aromatic N) is 1. The molecule has 0 radical (unpaired) electrons. The highest BCUT2D eigenvalue weighted by molar-refractivity contribution is 7.99. The zero-order valence-electron chi connectivity index (χ0n) is 12.5. The summed E-state index contributed by atoms with van der Waals surface area (Å²) in [5, 5.41) is 0. The van der Waals surface area contributed by atoms with Gasteiger partial charge in [0.2, 0.25) is 11.8 Å². The molecule has 22 heavy (non-hydrogen) atoms. The summed E-state index contributed by atoms with van der Waals surface area (Å²) in [5.74, 6) is -0.0794. The molecule has 2 rings (SSSR count). The Morgan fingerprint density at radius 1 is 1.32 bits per heavy atom. The summed E-state index contributed by atoms with van der Waals surface area (Å²) in [7, 11) is 0. The molecule has 0 bridgehead atoms. The Balaban J connectivity index is 1.85. The lowest BCUT2D eigenvalue weighted by atomic mass is 9.99. The lowest BCUT2D eigenvalue weighted by Gasteiger charge is -2.35. The fourth-order valence-corrected chi connectivity index (χ4v) is 3.60. The molecule has 2 N–H and O–H groups in total. The van der Waals surface area contributed by atoms with E-state index in [1.165, 1.54) is 17.8 Å². The van der Waals surface area contributed by atoms with Crippen molar-refractivity contribution in [3.05, 3.63) is 30.1 Å². The van der Waals surface area contributed by atoms with E-state index >= 15 is 0 Å². The van der Waals surface area contributed by atoms with Gasteiger partial charge in [-0.1, -0.05) is 12.1 Å². The number of hydrogen-bond donors (Lipinski definition) is 1. The van der Waals surface area contributed by atoms with Gasteiger partial charge in [-0.25, -0.2) is 4.39 Å². The second kappa shape index (κ2) is 8.17. The second-order valence-corrected chi connectivity index (χ2v) is 6.57. The smallest absolute Gasteiger partial charge is 0.223 e. The number of hydrogen-bond acceptors (Lipinski definition) is 3. The fraction of sp³-hybridized carbons (Fsp3) is 0.500. The van der Waals surface area contributed by atoms with Crippen LogP contribution in [0, 0.1) is 5.82 Å². The maximum Gasteiger partial charge on any atom is 0.223 e. The molecular formula is C16H21FN2O2S. The van der Waals surface area contributed by atoms with Crippen LogP contribution in [-0.2, 0) is 9.59 Å². The molecule has 6 heteroatoms. The third-order valence-corrected chi connectivity index (χ3v) is 4.84. The van der Waals surface area contributed by atoms with Gasteiger partial charge in [0.25, 0.3) is 0 Å². The molecular weight excluding hydrogens is 303 g/mol. The van der Waals surface area contributed by atoms with E-state index < -0.39 is 0 Å². The van der Waals surface area contributed by atoms with Crippen LogP contribution in [0.5, 0.6) is 0 Å². The van der Waals surface area contributed by atoms with Crippen LogP contribution >= 0.6 is 11.8 Å². The van der Waals surface area contributed by atoms with E-state index in [2.05, 4.69) is 0 Å². The van der Waals surface area contributed by atoms with Crippen LogP contribution in [-0.4, -0.2) is 35.1 Å². The molecule has 1 aliphatic heterocycles. The molecule has 1 aliphatic rings. The van der Waals surface area contributed by atoms with E-state index in [0.29, 0.717) is 23.6 Å². The predicted molar refractivity (Wildman–Crippen MR) is 84.9 cm³/mol. The van der Waals surface area contributed by atoms with Crippen molar-refractivity contribution in [1.29, 1.82) is 0 Å². The van der Waals surface area contributed by atoms with Gasteiger partial charge >= 0.3 is 0 Å². The van der Waals surface area contributed by atoms with Gasteiger partial charge in [0, 0.05) is 36.1 Å². The number of halogens is 1. The van der Waals surface area contributed by atoms with Crippen molar-refractivity contribution < 1.29 is 14.0 Å². The van der Waals surface area contributed by atoms with Crippen molar-refractivity contribution in [2.45, 2.75) is 43.0 Å². The molecule has 4 nitrogen and oxygen atoms in total. The number of nitrogens with two attached hydrogens (primary N) is 1. The van der Waals surface area contributed by atoms with Crippen molar-refractivity contribution in [2.75, 3.05) is 12.3 Å². The monoisotopic (exact) mass is 324 g/mol. The first-order chi connectivity index (χ1) is 10.6. The molecule has 0 aliphatic carbocycles. The van der Waals surface area contributed by atoms with Crippen molar-refractivity contribution in [3.8, 4) is 0 Å². The summed E-state index contributed by atoms with van der Waals surface area (Å²) in [5.41, 5.74) is 5.26. The van der Waals surface area contributed by atoms with E-state index in [4.69, 9.17) is 5.73 Å². The van der Waals surface area contributed by atoms with Gasteiger partial charge in [0.1, 0.15) is 5.82 Å². The van der Waals surface area contributed by atoms with E-state index in [-0.39, 0.29) is 30.1 Å². The molecule has 1 heterocycles. The minimum absolute atomic E-state index is 0.0230. The minimum atomic E-state index is -0.370. The standard InChI is InChI=1S/C16H21FN2O2S/c17-13-6-1-2-7-14(13)22-10-8-16(21)19-9-4-3-5-12(19)11-15(18)20/h1-2,6-7,12H,3-5,8-11H2,(H2,18,20). The number of benzene rings is 1. The van der Waals surface area contributed by atoms with Crippen molar-refractivity contribution in [2.24, 2.45) is 5.73 Å². The lowest BCUT2D eigenvalue weighted by Crippen LogP contribution is -2.45.